The van der Waals surface area contributed by atoms with Crippen molar-refractivity contribution >= 4 is 35.9 Å². The van der Waals surface area contributed by atoms with Gasteiger partial charge >= 0.3 is 6.09 Å². The molecule has 0 aliphatic heterocycles. The van der Waals surface area contributed by atoms with Crippen LogP contribution in [0.1, 0.15) is 5.56 Å². The molecule has 0 spiro atoms. The molecule has 1 aromatic carbocycles. The van der Waals surface area contributed by atoms with Crippen LogP contribution in [-0.4, -0.2) is 30.1 Å². The van der Waals surface area contributed by atoms with Gasteiger partial charge in [0.05, 0.1) is 25.0 Å². The largest absolute Gasteiger partial charge is 0.453 e. The summed E-state index contributed by atoms with van der Waals surface area (Å²) in [6, 6.07) is 12.0. The molecule has 2 rings (SSSR count). The molecule has 0 bridgehead atoms. The molecule has 2 amide bonds. The number of rotatable bonds is 5. The van der Waals surface area contributed by atoms with E-state index in [-0.39, 0.29) is 18.3 Å². The van der Waals surface area contributed by atoms with Crippen LogP contribution >= 0.6 is 12.4 Å². The number of hydrogen-bond donors (Lipinski definition) is 3. The summed E-state index contributed by atoms with van der Waals surface area (Å²) in [5.41, 5.74) is 7.35. The van der Waals surface area contributed by atoms with Crippen LogP contribution in [-0.2, 0) is 16.0 Å². The Labute approximate surface area is 146 Å². The molecule has 1 atom stereocenters. The maximum Gasteiger partial charge on any atom is 0.411 e. The van der Waals surface area contributed by atoms with Crippen LogP contribution in [0, 0.1) is 0 Å². The summed E-state index contributed by atoms with van der Waals surface area (Å²) < 4.78 is 4.47. The second-order valence-corrected chi connectivity index (χ2v) is 4.83. The number of nitrogens with one attached hydrogen (secondary N) is 2. The number of carbonyl (C=O) groups excluding carboxylic acids is 2. The smallest absolute Gasteiger partial charge is 0.411 e. The van der Waals surface area contributed by atoms with E-state index < -0.39 is 12.1 Å². The fourth-order valence-electron chi connectivity index (χ4n) is 1.89. The Morgan fingerprint density at radius 2 is 1.88 bits per heavy atom. The van der Waals surface area contributed by atoms with E-state index in [1.807, 2.05) is 30.3 Å². The van der Waals surface area contributed by atoms with Gasteiger partial charge in [0.2, 0.25) is 5.91 Å². The maximum atomic E-state index is 12.1. The molecule has 4 N–H and O–H groups in total. The highest BCUT2D eigenvalue weighted by atomic mass is 35.5. The van der Waals surface area contributed by atoms with Gasteiger partial charge < -0.3 is 15.8 Å². The van der Waals surface area contributed by atoms with Crippen LogP contribution in [0.15, 0.2) is 48.7 Å². The predicted molar refractivity (Wildman–Crippen MR) is 94.3 cm³/mol. The van der Waals surface area contributed by atoms with Crippen LogP contribution in [0.4, 0.5) is 16.3 Å². The minimum Gasteiger partial charge on any atom is -0.453 e. The summed E-state index contributed by atoms with van der Waals surface area (Å²) in [6.07, 6.45) is 1.26. The topological polar surface area (TPSA) is 106 Å². The number of amides is 2. The zero-order valence-electron chi connectivity index (χ0n) is 13.1. The molecule has 8 heteroatoms. The van der Waals surface area contributed by atoms with Crippen LogP contribution in [0.3, 0.4) is 0 Å². The predicted octanol–water partition coefficient (Wildman–Crippen LogP) is 2.19. The number of nitrogens with zero attached hydrogens (tertiary/aromatic N) is 1. The van der Waals surface area contributed by atoms with Gasteiger partial charge in [-0.2, -0.15) is 0 Å². The van der Waals surface area contributed by atoms with E-state index in [1.165, 1.54) is 13.3 Å². The second-order valence-electron chi connectivity index (χ2n) is 4.83. The molecule has 0 saturated heterocycles. The third-order valence-electron chi connectivity index (χ3n) is 3.08. The molecule has 0 fully saturated rings. The summed E-state index contributed by atoms with van der Waals surface area (Å²) in [4.78, 5) is 27.2. The quantitative estimate of drug-likeness (QED) is 0.766. The Balaban J connectivity index is 0.00000288. The number of halogens is 1. The van der Waals surface area contributed by atoms with E-state index in [1.54, 1.807) is 12.1 Å². The summed E-state index contributed by atoms with van der Waals surface area (Å²) in [6.45, 7) is 0. The van der Waals surface area contributed by atoms with Crippen LogP contribution in [0.2, 0.25) is 0 Å². The first-order valence-electron chi connectivity index (χ1n) is 7.00. The van der Waals surface area contributed by atoms with Gasteiger partial charge in [-0.05, 0) is 24.1 Å². The van der Waals surface area contributed by atoms with Gasteiger partial charge in [0, 0.05) is 0 Å². The number of anilines is 2. The molecule has 2 aromatic rings. The molecule has 0 aliphatic rings. The van der Waals surface area contributed by atoms with E-state index in [4.69, 9.17) is 5.73 Å². The minimum absolute atomic E-state index is 0. The Morgan fingerprint density at radius 1 is 1.17 bits per heavy atom. The van der Waals surface area contributed by atoms with Crippen molar-refractivity contribution in [3.63, 3.8) is 0 Å². The average Bonchev–Trinajstić information content (AvgIpc) is 2.57. The van der Waals surface area contributed by atoms with Crippen molar-refractivity contribution in [3.8, 4) is 0 Å². The summed E-state index contributed by atoms with van der Waals surface area (Å²) in [5.74, 6) is 0.0314. The first-order valence-corrected chi connectivity index (χ1v) is 7.00. The lowest BCUT2D eigenvalue weighted by Gasteiger charge is -2.12. The number of pyridine rings is 1. The molecular weight excluding hydrogens is 332 g/mol. The molecular formula is C16H19ClN4O3. The number of nitrogens with two attached hydrogens (primary N) is 1. The lowest BCUT2D eigenvalue weighted by molar-refractivity contribution is -0.117. The minimum atomic E-state index is -0.674. The van der Waals surface area contributed by atoms with Crippen molar-refractivity contribution < 1.29 is 14.3 Å². The number of hydrogen-bond acceptors (Lipinski definition) is 5. The number of ether oxygens (including phenoxy) is 1. The van der Waals surface area contributed by atoms with Crippen molar-refractivity contribution in [1.82, 2.24) is 4.98 Å². The van der Waals surface area contributed by atoms with Crippen molar-refractivity contribution in [2.24, 2.45) is 5.73 Å². The standard InChI is InChI=1S/C16H18N4O3.ClH/c1-23-16(22)19-12-7-8-14(18-10-12)20-15(21)13(17)9-11-5-3-2-4-6-11;/h2-8,10,13H,9,17H2,1H3,(H,19,22)(H,18,20,21);1H/t13-;/m0./s1. The third-order valence-corrected chi connectivity index (χ3v) is 3.08. The lowest BCUT2D eigenvalue weighted by atomic mass is 10.1. The average molecular weight is 351 g/mol. The highest BCUT2D eigenvalue weighted by Gasteiger charge is 2.14. The molecule has 24 heavy (non-hydrogen) atoms. The van der Waals surface area contributed by atoms with Crippen LogP contribution in [0.5, 0.6) is 0 Å². The number of carbonyl (C=O) groups is 2. The number of benzene rings is 1. The Bertz CT molecular complexity index is 665. The monoisotopic (exact) mass is 350 g/mol. The second kappa shape index (κ2) is 9.49. The normalized spacial score (nSPS) is 10.9. The highest BCUT2D eigenvalue weighted by Crippen LogP contribution is 2.11. The van der Waals surface area contributed by atoms with Crippen molar-refractivity contribution in [3.05, 3.63) is 54.2 Å². The zero-order valence-corrected chi connectivity index (χ0v) is 13.9. The Hall–Kier alpha value is -2.64. The van der Waals surface area contributed by atoms with Gasteiger partial charge in [0.15, 0.2) is 0 Å². The van der Waals surface area contributed by atoms with Crippen molar-refractivity contribution in [1.29, 1.82) is 0 Å². The van der Waals surface area contributed by atoms with Gasteiger partial charge in [-0.15, -0.1) is 12.4 Å². The van der Waals surface area contributed by atoms with Gasteiger partial charge in [-0.3, -0.25) is 10.1 Å². The Kier molecular flexibility index (Phi) is 7.67. The first kappa shape index (κ1) is 19.4. The van der Waals surface area contributed by atoms with Gasteiger partial charge in [-0.25, -0.2) is 9.78 Å². The van der Waals surface area contributed by atoms with E-state index in [2.05, 4.69) is 20.4 Å². The molecule has 7 nitrogen and oxygen atoms in total. The fraction of sp³-hybridized carbons (Fsp3) is 0.188. The molecule has 0 unspecified atom stereocenters. The van der Waals surface area contributed by atoms with Gasteiger partial charge in [0.1, 0.15) is 5.82 Å². The van der Waals surface area contributed by atoms with E-state index in [9.17, 15) is 9.59 Å². The molecule has 1 aromatic heterocycles. The molecule has 0 saturated carbocycles. The fourth-order valence-corrected chi connectivity index (χ4v) is 1.89. The van der Waals surface area contributed by atoms with Crippen LogP contribution in [0.25, 0.3) is 0 Å². The summed E-state index contributed by atoms with van der Waals surface area (Å²) >= 11 is 0. The molecule has 128 valence electrons. The summed E-state index contributed by atoms with van der Waals surface area (Å²) in [7, 11) is 1.27. The van der Waals surface area contributed by atoms with E-state index >= 15 is 0 Å². The lowest BCUT2D eigenvalue weighted by Crippen LogP contribution is -2.37. The third kappa shape index (κ3) is 5.86. The summed E-state index contributed by atoms with van der Waals surface area (Å²) in [5, 5.41) is 5.10. The zero-order chi connectivity index (χ0) is 16.7. The molecule has 0 radical (unpaired) electrons. The van der Waals surface area contributed by atoms with Crippen LogP contribution < -0.4 is 16.4 Å². The first-order chi connectivity index (χ1) is 11.1. The Morgan fingerprint density at radius 3 is 2.46 bits per heavy atom. The number of aromatic nitrogens is 1. The highest BCUT2D eigenvalue weighted by molar-refractivity contribution is 5.94. The van der Waals surface area contributed by atoms with Crippen molar-refractivity contribution in [2.75, 3.05) is 17.7 Å². The van der Waals surface area contributed by atoms with Crippen molar-refractivity contribution in [2.45, 2.75) is 12.5 Å². The van der Waals surface area contributed by atoms with E-state index in [0.717, 1.165) is 5.56 Å². The van der Waals surface area contributed by atoms with Gasteiger partial charge in [-0.1, -0.05) is 30.3 Å². The van der Waals surface area contributed by atoms with E-state index in [0.29, 0.717) is 17.9 Å². The molecule has 0 aliphatic carbocycles. The maximum absolute atomic E-state index is 12.1. The SMILES string of the molecule is COC(=O)Nc1ccc(NC(=O)[C@@H](N)Cc2ccccc2)nc1.Cl. The molecule has 1 heterocycles. The van der Waals surface area contributed by atoms with Gasteiger partial charge in [0.25, 0.3) is 0 Å². The number of methoxy groups -OCH3 is 1.